The number of nitrogens with zero attached hydrogens (tertiary/aromatic N) is 2. The predicted octanol–water partition coefficient (Wildman–Crippen LogP) is 3.53. The summed E-state index contributed by atoms with van der Waals surface area (Å²) >= 11 is 0. The Morgan fingerprint density at radius 3 is 2.56 bits per heavy atom. The minimum Gasteiger partial charge on any atom is -0.489 e. The quantitative estimate of drug-likeness (QED) is 0.799. The zero-order chi connectivity index (χ0) is 13.1. The molecule has 1 heterocycles. The molecular weight excluding hydrogens is 224 g/mol. The molecule has 0 bridgehead atoms. The van der Waals surface area contributed by atoms with Gasteiger partial charge in [0, 0.05) is 11.8 Å². The van der Waals surface area contributed by atoms with Crippen molar-refractivity contribution < 1.29 is 4.74 Å². The SMILES string of the molecule is Cc1cc(OC2CCC(C)CC2)c(C#N)c(C)n1. The van der Waals surface area contributed by atoms with Crippen LogP contribution in [-0.4, -0.2) is 11.1 Å². The normalized spacial score (nSPS) is 23.4. The van der Waals surface area contributed by atoms with Gasteiger partial charge in [0.05, 0.1) is 11.8 Å². The van der Waals surface area contributed by atoms with Gasteiger partial charge in [0.2, 0.25) is 0 Å². The lowest BCUT2D eigenvalue weighted by Gasteiger charge is -2.27. The molecule has 1 aliphatic carbocycles. The number of ether oxygens (including phenoxy) is 1. The Morgan fingerprint density at radius 1 is 1.28 bits per heavy atom. The second-order valence-electron chi connectivity index (χ2n) is 5.33. The highest BCUT2D eigenvalue weighted by Gasteiger charge is 2.21. The van der Waals surface area contributed by atoms with Crippen LogP contribution in [0.1, 0.15) is 49.6 Å². The van der Waals surface area contributed by atoms with Crippen LogP contribution in [-0.2, 0) is 0 Å². The molecule has 0 spiro atoms. The number of pyridine rings is 1. The standard InChI is InChI=1S/C15H20N2O/c1-10-4-6-13(7-5-10)18-15-8-11(2)17-12(3)14(15)9-16/h8,10,13H,4-7H2,1-3H3. The second kappa shape index (κ2) is 5.39. The summed E-state index contributed by atoms with van der Waals surface area (Å²) in [5, 5.41) is 9.19. The second-order valence-corrected chi connectivity index (χ2v) is 5.33. The molecule has 0 aliphatic heterocycles. The zero-order valence-corrected chi connectivity index (χ0v) is 11.4. The summed E-state index contributed by atoms with van der Waals surface area (Å²) in [5.41, 5.74) is 2.25. The number of hydrogen-bond donors (Lipinski definition) is 0. The van der Waals surface area contributed by atoms with Crippen molar-refractivity contribution in [3.63, 3.8) is 0 Å². The number of rotatable bonds is 2. The van der Waals surface area contributed by atoms with Gasteiger partial charge in [0.1, 0.15) is 17.4 Å². The average Bonchev–Trinajstić information content (AvgIpc) is 2.32. The molecular formula is C15H20N2O. The third kappa shape index (κ3) is 2.81. The van der Waals surface area contributed by atoms with E-state index in [0.29, 0.717) is 11.3 Å². The molecule has 3 nitrogen and oxygen atoms in total. The summed E-state index contributed by atoms with van der Waals surface area (Å²) in [6, 6.07) is 4.08. The van der Waals surface area contributed by atoms with Gasteiger partial charge >= 0.3 is 0 Å². The van der Waals surface area contributed by atoms with Crippen LogP contribution in [0.4, 0.5) is 0 Å². The average molecular weight is 244 g/mol. The maximum absolute atomic E-state index is 9.19. The Bertz CT molecular complexity index is 468. The lowest BCUT2D eigenvalue weighted by atomic mass is 9.89. The zero-order valence-electron chi connectivity index (χ0n) is 11.4. The minimum atomic E-state index is 0.259. The van der Waals surface area contributed by atoms with Gasteiger partial charge in [-0.05, 0) is 45.4 Å². The number of aromatic nitrogens is 1. The maximum Gasteiger partial charge on any atom is 0.141 e. The first kappa shape index (κ1) is 12.9. The fraction of sp³-hybridized carbons (Fsp3) is 0.600. The van der Waals surface area contributed by atoms with Crippen molar-refractivity contribution in [2.24, 2.45) is 5.92 Å². The van der Waals surface area contributed by atoms with Crippen LogP contribution in [0.2, 0.25) is 0 Å². The van der Waals surface area contributed by atoms with Crippen molar-refractivity contribution in [1.29, 1.82) is 5.26 Å². The van der Waals surface area contributed by atoms with Crippen LogP contribution in [0, 0.1) is 31.1 Å². The molecule has 1 aliphatic rings. The minimum absolute atomic E-state index is 0.259. The van der Waals surface area contributed by atoms with Gasteiger partial charge in [-0.2, -0.15) is 5.26 Å². The topological polar surface area (TPSA) is 45.9 Å². The molecule has 0 unspecified atom stereocenters. The van der Waals surface area contributed by atoms with Gasteiger partial charge in [0.25, 0.3) is 0 Å². The predicted molar refractivity (Wildman–Crippen MR) is 70.5 cm³/mol. The monoisotopic (exact) mass is 244 g/mol. The van der Waals surface area contributed by atoms with Crippen LogP contribution in [0.25, 0.3) is 0 Å². The third-order valence-corrected chi connectivity index (χ3v) is 3.66. The third-order valence-electron chi connectivity index (χ3n) is 3.66. The molecule has 2 rings (SSSR count). The van der Waals surface area contributed by atoms with E-state index in [-0.39, 0.29) is 6.10 Å². The Hall–Kier alpha value is -1.56. The van der Waals surface area contributed by atoms with E-state index in [1.54, 1.807) is 0 Å². The molecule has 0 atom stereocenters. The first-order valence-electron chi connectivity index (χ1n) is 6.65. The van der Waals surface area contributed by atoms with Crippen molar-refractivity contribution in [2.45, 2.75) is 52.6 Å². The van der Waals surface area contributed by atoms with Crippen LogP contribution in [0.3, 0.4) is 0 Å². The van der Waals surface area contributed by atoms with Gasteiger partial charge in [-0.15, -0.1) is 0 Å². The van der Waals surface area contributed by atoms with Gasteiger partial charge in [0.15, 0.2) is 0 Å². The van der Waals surface area contributed by atoms with E-state index in [1.165, 1.54) is 12.8 Å². The summed E-state index contributed by atoms with van der Waals surface area (Å²) < 4.78 is 6.02. The Balaban J connectivity index is 2.16. The van der Waals surface area contributed by atoms with Crippen molar-refractivity contribution in [2.75, 3.05) is 0 Å². The summed E-state index contributed by atoms with van der Waals surface area (Å²) in [6.07, 6.45) is 4.87. The number of aryl methyl sites for hydroxylation is 2. The molecule has 96 valence electrons. The molecule has 1 saturated carbocycles. The van der Waals surface area contributed by atoms with Crippen molar-refractivity contribution in [3.05, 3.63) is 23.0 Å². The summed E-state index contributed by atoms with van der Waals surface area (Å²) in [4.78, 5) is 4.31. The molecule has 1 aromatic heterocycles. The lowest BCUT2D eigenvalue weighted by Crippen LogP contribution is -2.23. The maximum atomic E-state index is 9.19. The Morgan fingerprint density at radius 2 is 1.94 bits per heavy atom. The summed E-state index contributed by atoms with van der Waals surface area (Å²) in [6.45, 7) is 6.09. The molecule has 3 heteroatoms. The van der Waals surface area contributed by atoms with Crippen LogP contribution < -0.4 is 4.74 Å². The highest BCUT2D eigenvalue weighted by molar-refractivity contribution is 5.46. The van der Waals surface area contributed by atoms with E-state index in [9.17, 15) is 5.26 Å². The lowest BCUT2D eigenvalue weighted by molar-refractivity contribution is 0.135. The molecule has 0 N–H and O–H groups in total. The molecule has 0 amide bonds. The van der Waals surface area contributed by atoms with Gasteiger partial charge in [-0.25, -0.2) is 0 Å². The van der Waals surface area contributed by atoms with Crippen molar-refractivity contribution in [1.82, 2.24) is 4.98 Å². The Labute approximate surface area is 109 Å². The fourth-order valence-electron chi connectivity index (χ4n) is 2.55. The van der Waals surface area contributed by atoms with Gasteiger partial charge in [-0.1, -0.05) is 6.92 Å². The highest BCUT2D eigenvalue weighted by atomic mass is 16.5. The molecule has 0 radical (unpaired) electrons. The van der Waals surface area contributed by atoms with E-state index in [4.69, 9.17) is 4.74 Å². The first-order chi connectivity index (χ1) is 8.60. The summed E-state index contributed by atoms with van der Waals surface area (Å²) in [5.74, 6) is 1.52. The highest BCUT2D eigenvalue weighted by Crippen LogP contribution is 2.29. The van der Waals surface area contributed by atoms with E-state index in [0.717, 1.165) is 30.1 Å². The van der Waals surface area contributed by atoms with Crippen molar-refractivity contribution >= 4 is 0 Å². The van der Waals surface area contributed by atoms with Crippen LogP contribution in [0.5, 0.6) is 5.75 Å². The Kier molecular flexibility index (Phi) is 3.86. The van der Waals surface area contributed by atoms with Gasteiger partial charge in [-0.3, -0.25) is 4.98 Å². The smallest absolute Gasteiger partial charge is 0.141 e. The van der Waals surface area contributed by atoms with E-state index in [1.807, 2.05) is 19.9 Å². The number of hydrogen-bond acceptors (Lipinski definition) is 3. The van der Waals surface area contributed by atoms with E-state index in [2.05, 4.69) is 18.0 Å². The summed E-state index contributed by atoms with van der Waals surface area (Å²) in [7, 11) is 0. The van der Waals surface area contributed by atoms with E-state index < -0.39 is 0 Å². The molecule has 0 saturated heterocycles. The van der Waals surface area contributed by atoms with E-state index >= 15 is 0 Å². The largest absolute Gasteiger partial charge is 0.489 e. The first-order valence-corrected chi connectivity index (χ1v) is 6.65. The number of nitriles is 1. The van der Waals surface area contributed by atoms with Crippen LogP contribution in [0.15, 0.2) is 6.07 Å². The molecule has 18 heavy (non-hydrogen) atoms. The van der Waals surface area contributed by atoms with Crippen molar-refractivity contribution in [3.8, 4) is 11.8 Å². The fourth-order valence-corrected chi connectivity index (χ4v) is 2.55. The van der Waals surface area contributed by atoms with Gasteiger partial charge < -0.3 is 4.74 Å². The molecule has 0 aromatic carbocycles. The van der Waals surface area contributed by atoms with Crippen LogP contribution >= 0.6 is 0 Å². The molecule has 1 aromatic rings. The molecule has 1 fully saturated rings.